The van der Waals surface area contributed by atoms with E-state index in [0.29, 0.717) is 0 Å². The van der Waals surface area contributed by atoms with Gasteiger partial charge in [0.25, 0.3) is 0 Å². The van der Waals surface area contributed by atoms with E-state index in [9.17, 15) is 20.1 Å². The van der Waals surface area contributed by atoms with Gasteiger partial charge >= 0.3 is 0 Å². The summed E-state index contributed by atoms with van der Waals surface area (Å²) in [6, 6.07) is 0. The van der Waals surface area contributed by atoms with E-state index in [2.05, 4.69) is 12.2 Å². The van der Waals surface area contributed by atoms with Crippen LogP contribution in [0.25, 0.3) is 0 Å². The second-order valence-electron chi connectivity index (χ2n) is 6.10. The maximum absolute atomic E-state index is 12.2. The Morgan fingerprint density at radius 2 is 1.65 bits per heavy atom. The second kappa shape index (κ2) is 8.60. The minimum absolute atomic E-state index is 0.0584. The van der Waals surface area contributed by atoms with E-state index >= 15 is 0 Å². The summed E-state index contributed by atoms with van der Waals surface area (Å²) >= 11 is 0. The van der Waals surface area contributed by atoms with Crippen LogP contribution in [-0.4, -0.2) is 46.6 Å². The van der Waals surface area contributed by atoms with Crippen LogP contribution in [0.5, 0.6) is 0 Å². The molecule has 0 aromatic carbocycles. The first-order valence-corrected chi connectivity index (χ1v) is 7.75. The molecule has 1 saturated carbocycles. The smallest absolute Gasteiger partial charge is 0.223 e. The van der Waals surface area contributed by atoms with E-state index in [4.69, 9.17) is 0 Å². The number of rotatable bonds is 8. The standard InChI is InChI=1S/C15H29NO4/c1-2-3-4-12-5-7-13(8-6-12)14(20)16-15(9-17,10-18)11-19/h12-13,17-19H,2-11H2,1H3,(H,16,20). The summed E-state index contributed by atoms with van der Waals surface area (Å²) in [5, 5.41) is 30.3. The van der Waals surface area contributed by atoms with Crippen LogP contribution in [0.4, 0.5) is 0 Å². The lowest BCUT2D eigenvalue weighted by molar-refractivity contribution is -0.130. The maximum Gasteiger partial charge on any atom is 0.223 e. The molecule has 0 spiro atoms. The molecule has 1 aliphatic carbocycles. The van der Waals surface area contributed by atoms with Crippen LogP contribution in [0.1, 0.15) is 51.9 Å². The van der Waals surface area contributed by atoms with E-state index in [1.54, 1.807) is 0 Å². The van der Waals surface area contributed by atoms with Crippen LogP contribution in [-0.2, 0) is 4.79 Å². The van der Waals surface area contributed by atoms with Gasteiger partial charge in [-0.1, -0.05) is 26.2 Å². The molecule has 0 bridgehead atoms. The number of nitrogens with one attached hydrogen (secondary N) is 1. The summed E-state index contributed by atoms with van der Waals surface area (Å²) in [6.07, 6.45) is 7.58. The molecule has 5 nitrogen and oxygen atoms in total. The largest absolute Gasteiger partial charge is 0.394 e. The van der Waals surface area contributed by atoms with Crippen LogP contribution in [0.2, 0.25) is 0 Å². The molecule has 0 radical (unpaired) electrons. The number of hydrogen-bond acceptors (Lipinski definition) is 4. The summed E-state index contributed by atoms with van der Waals surface area (Å²) in [6.45, 7) is 0.810. The predicted molar refractivity (Wildman–Crippen MR) is 77.1 cm³/mol. The van der Waals surface area contributed by atoms with E-state index in [1.807, 2.05) is 0 Å². The van der Waals surface area contributed by atoms with Gasteiger partial charge in [-0.15, -0.1) is 0 Å². The highest BCUT2D eigenvalue weighted by Crippen LogP contribution is 2.32. The Morgan fingerprint density at radius 1 is 1.10 bits per heavy atom. The lowest BCUT2D eigenvalue weighted by Crippen LogP contribution is -2.58. The van der Waals surface area contributed by atoms with Gasteiger partial charge in [0.15, 0.2) is 0 Å². The molecule has 0 unspecified atom stereocenters. The zero-order valence-corrected chi connectivity index (χ0v) is 12.5. The van der Waals surface area contributed by atoms with E-state index in [0.717, 1.165) is 31.6 Å². The summed E-state index contributed by atoms with van der Waals surface area (Å²) in [5.41, 5.74) is -1.30. The molecule has 0 aromatic rings. The molecular weight excluding hydrogens is 258 g/mol. The third-order valence-electron chi connectivity index (χ3n) is 4.48. The van der Waals surface area contributed by atoms with E-state index in [1.165, 1.54) is 19.3 Å². The quantitative estimate of drug-likeness (QED) is 0.532. The highest BCUT2D eigenvalue weighted by molar-refractivity contribution is 5.79. The molecule has 4 N–H and O–H groups in total. The first kappa shape index (κ1) is 17.4. The highest BCUT2D eigenvalue weighted by atomic mass is 16.3. The molecule has 0 aliphatic heterocycles. The minimum atomic E-state index is -1.30. The van der Waals surface area contributed by atoms with E-state index < -0.39 is 25.4 Å². The van der Waals surface area contributed by atoms with Crippen molar-refractivity contribution in [2.45, 2.75) is 57.4 Å². The Kier molecular flexibility index (Phi) is 7.48. The van der Waals surface area contributed by atoms with Gasteiger partial charge in [0.05, 0.1) is 19.8 Å². The van der Waals surface area contributed by atoms with Gasteiger partial charge in [-0.2, -0.15) is 0 Å². The van der Waals surface area contributed by atoms with Crippen molar-refractivity contribution in [3.63, 3.8) is 0 Å². The van der Waals surface area contributed by atoms with Crippen LogP contribution < -0.4 is 5.32 Å². The highest BCUT2D eigenvalue weighted by Gasteiger charge is 2.34. The Labute approximate surface area is 121 Å². The van der Waals surface area contributed by atoms with Gasteiger partial charge in [-0.05, 0) is 31.6 Å². The van der Waals surface area contributed by atoms with Crippen molar-refractivity contribution in [1.29, 1.82) is 0 Å². The lowest BCUT2D eigenvalue weighted by atomic mass is 9.79. The number of aliphatic hydroxyl groups is 3. The van der Waals surface area contributed by atoms with Crippen LogP contribution in [0.15, 0.2) is 0 Å². The molecule has 1 rings (SSSR count). The molecule has 0 atom stereocenters. The predicted octanol–water partition coefficient (Wildman–Crippen LogP) is 0.815. The van der Waals surface area contributed by atoms with Crippen molar-refractivity contribution in [3.8, 4) is 0 Å². The molecular formula is C15H29NO4. The Balaban J connectivity index is 2.42. The van der Waals surface area contributed by atoms with Crippen molar-refractivity contribution in [2.75, 3.05) is 19.8 Å². The normalized spacial score (nSPS) is 23.6. The van der Waals surface area contributed by atoms with Crippen molar-refractivity contribution in [3.05, 3.63) is 0 Å². The second-order valence-corrected chi connectivity index (χ2v) is 6.10. The van der Waals surface area contributed by atoms with Gasteiger partial charge in [0, 0.05) is 5.92 Å². The number of hydrogen-bond donors (Lipinski definition) is 4. The molecule has 1 amide bonds. The first-order valence-electron chi connectivity index (χ1n) is 7.75. The number of carbonyl (C=O) groups is 1. The Hall–Kier alpha value is -0.650. The van der Waals surface area contributed by atoms with Gasteiger partial charge in [-0.3, -0.25) is 4.79 Å². The summed E-state index contributed by atoms with van der Waals surface area (Å²) in [4.78, 5) is 12.2. The van der Waals surface area contributed by atoms with Gasteiger partial charge in [-0.25, -0.2) is 0 Å². The topological polar surface area (TPSA) is 89.8 Å². The first-order chi connectivity index (χ1) is 9.60. The fraction of sp³-hybridized carbons (Fsp3) is 0.933. The molecule has 0 saturated heterocycles. The summed E-state index contributed by atoms with van der Waals surface area (Å²) in [5.74, 6) is 0.519. The number of carbonyl (C=O) groups excluding carboxylic acids is 1. The van der Waals surface area contributed by atoms with Crippen molar-refractivity contribution < 1.29 is 20.1 Å². The zero-order valence-electron chi connectivity index (χ0n) is 12.5. The van der Waals surface area contributed by atoms with Crippen LogP contribution in [0, 0.1) is 11.8 Å². The van der Waals surface area contributed by atoms with Crippen LogP contribution in [0.3, 0.4) is 0 Å². The third-order valence-corrected chi connectivity index (χ3v) is 4.48. The SMILES string of the molecule is CCCCC1CCC(C(=O)NC(CO)(CO)CO)CC1. The van der Waals surface area contributed by atoms with Crippen molar-refractivity contribution in [1.82, 2.24) is 5.32 Å². The summed E-state index contributed by atoms with van der Waals surface area (Å²) in [7, 11) is 0. The monoisotopic (exact) mass is 287 g/mol. The van der Waals surface area contributed by atoms with Gasteiger partial charge in [0.2, 0.25) is 5.91 Å². The van der Waals surface area contributed by atoms with E-state index in [-0.39, 0.29) is 11.8 Å². The number of aliphatic hydroxyl groups excluding tert-OH is 3. The molecule has 0 heterocycles. The molecule has 20 heavy (non-hydrogen) atoms. The van der Waals surface area contributed by atoms with Crippen molar-refractivity contribution >= 4 is 5.91 Å². The summed E-state index contributed by atoms with van der Waals surface area (Å²) < 4.78 is 0. The number of amides is 1. The molecule has 1 aliphatic rings. The number of unbranched alkanes of at least 4 members (excludes halogenated alkanes) is 1. The van der Waals surface area contributed by atoms with Gasteiger partial charge < -0.3 is 20.6 Å². The molecule has 118 valence electrons. The van der Waals surface area contributed by atoms with Crippen LogP contribution >= 0.6 is 0 Å². The molecule has 5 heteroatoms. The average molecular weight is 287 g/mol. The van der Waals surface area contributed by atoms with Crippen molar-refractivity contribution in [2.24, 2.45) is 11.8 Å². The minimum Gasteiger partial charge on any atom is -0.394 e. The Bertz CT molecular complexity index is 275. The maximum atomic E-state index is 12.2. The fourth-order valence-electron chi connectivity index (χ4n) is 2.84. The average Bonchev–Trinajstić information content (AvgIpc) is 2.51. The van der Waals surface area contributed by atoms with Gasteiger partial charge in [0.1, 0.15) is 5.54 Å². The third kappa shape index (κ3) is 4.72. The fourth-order valence-corrected chi connectivity index (χ4v) is 2.84. The lowest BCUT2D eigenvalue weighted by Gasteiger charge is -2.33. The molecule has 0 aromatic heterocycles. The zero-order chi connectivity index (χ0) is 15.0. The Morgan fingerprint density at radius 3 is 2.10 bits per heavy atom. The molecule has 1 fully saturated rings.